The summed E-state index contributed by atoms with van der Waals surface area (Å²) in [5, 5.41) is 0. The fraction of sp³-hybridized carbons (Fsp3) is 0.533. The number of carbonyl (C=O) groups is 2. The third kappa shape index (κ3) is 5.45. The van der Waals surface area contributed by atoms with Crippen molar-refractivity contribution in [2.75, 3.05) is 58.4 Å². The standard InChI is InChI=1S/C30H38FN3O4/c1-37-27-12-11-22(18-28(27)38-2)23-17-24(20-34(19-23)29(35)21-7-3-4-8-21)30(36)33-15-13-32(14-16-33)26-10-6-5-9-25(26)31/h5-6,9-12,18,21,23-24H,3-4,7-8,13-17,19-20H2,1-2H3. The Balaban J connectivity index is 1.32. The summed E-state index contributed by atoms with van der Waals surface area (Å²) in [5.41, 5.74) is 1.63. The van der Waals surface area contributed by atoms with Gasteiger partial charge in [0.05, 0.1) is 25.8 Å². The molecule has 0 radical (unpaired) electrons. The highest BCUT2D eigenvalue weighted by Crippen LogP contribution is 2.38. The van der Waals surface area contributed by atoms with Crippen LogP contribution in [0, 0.1) is 17.7 Å². The number of para-hydroxylation sites is 1. The van der Waals surface area contributed by atoms with E-state index in [-0.39, 0.29) is 35.4 Å². The van der Waals surface area contributed by atoms with Crippen LogP contribution in [0.25, 0.3) is 0 Å². The molecule has 2 aliphatic heterocycles. The van der Waals surface area contributed by atoms with E-state index in [0.29, 0.717) is 62.9 Å². The number of piperidine rings is 1. The number of methoxy groups -OCH3 is 2. The number of halogens is 1. The van der Waals surface area contributed by atoms with Crippen LogP contribution in [-0.2, 0) is 9.59 Å². The Morgan fingerprint density at radius 1 is 0.816 bits per heavy atom. The van der Waals surface area contributed by atoms with Crippen molar-refractivity contribution in [3.63, 3.8) is 0 Å². The lowest BCUT2D eigenvalue weighted by Gasteiger charge is -2.42. The molecule has 2 aromatic carbocycles. The molecule has 1 saturated carbocycles. The molecule has 7 nitrogen and oxygen atoms in total. The van der Waals surface area contributed by atoms with E-state index in [1.165, 1.54) is 6.07 Å². The third-order valence-corrected chi connectivity index (χ3v) is 8.48. The molecule has 5 rings (SSSR count). The van der Waals surface area contributed by atoms with Crippen molar-refractivity contribution in [2.45, 2.75) is 38.0 Å². The average Bonchev–Trinajstić information content (AvgIpc) is 3.51. The summed E-state index contributed by atoms with van der Waals surface area (Å²) >= 11 is 0. The van der Waals surface area contributed by atoms with Crippen LogP contribution < -0.4 is 14.4 Å². The van der Waals surface area contributed by atoms with Crippen LogP contribution in [0.1, 0.15) is 43.6 Å². The molecule has 0 N–H and O–H groups in total. The van der Waals surface area contributed by atoms with Gasteiger partial charge in [-0.3, -0.25) is 9.59 Å². The molecule has 0 aromatic heterocycles. The number of benzene rings is 2. The molecule has 2 heterocycles. The number of nitrogens with zero attached hydrogens (tertiary/aromatic N) is 3. The first-order valence-corrected chi connectivity index (χ1v) is 13.8. The molecule has 8 heteroatoms. The highest BCUT2D eigenvalue weighted by atomic mass is 19.1. The van der Waals surface area contributed by atoms with Gasteiger partial charge in [-0.15, -0.1) is 0 Å². The summed E-state index contributed by atoms with van der Waals surface area (Å²) in [7, 11) is 3.23. The molecule has 3 fully saturated rings. The lowest BCUT2D eigenvalue weighted by Crippen LogP contribution is -2.54. The predicted octanol–water partition coefficient (Wildman–Crippen LogP) is 4.31. The Bertz CT molecular complexity index is 1140. The first-order chi connectivity index (χ1) is 18.5. The minimum absolute atomic E-state index is 0.0302. The lowest BCUT2D eigenvalue weighted by atomic mass is 9.83. The van der Waals surface area contributed by atoms with Crippen LogP contribution in [0.2, 0.25) is 0 Å². The number of hydrogen-bond acceptors (Lipinski definition) is 5. The van der Waals surface area contributed by atoms with Gasteiger partial charge >= 0.3 is 0 Å². The minimum Gasteiger partial charge on any atom is -0.493 e. The van der Waals surface area contributed by atoms with E-state index >= 15 is 0 Å². The highest BCUT2D eigenvalue weighted by molar-refractivity contribution is 5.83. The summed E-state index contributed by atoms with van der Waals surface area (Å²) in [6, 6.07) is 12.7. The molecule has 1 aliphatic carbocycles. The van der Waals surface area contributed by atoms with Gasteiger partial charge in [-0.1, -0.05) is 31.0 Å². The zero-order chi connectivity index (χ0) is 26.6. The second kappa shape index (κ2) is 11.6. The molecule has 3 aliphatic rings. The quantitative estimate of drug-likeness (QED) is 0.565. The Morgan fingerprint density at radius 3 is 2.18 bits per heavy atom. The van der Waals surface area contributed by atoms with Crippen LogP contribution >= 0.6 is 0 Å². The molecule has 0 bridgehead atoms. The average molecular weight is 524 g/mol. The van der Waals surface area contributed by atoms with Gasteiger partial charge in [0, 0.05) is 51.1 Å². The van der Waals surface area contributed by atoms with Gasteiger partial charge in [0.2, 0.25) is 11.8 Å². The molecule has 2 aromatic rings. The molecule has 2 saturated heterocycles. The van der Waals surface area contributed by atoms with Gasteiger partial charge in [-0.25, -0.2) is 4.39 Å². The second-order valence-corrected chi connectivity index (χ2v) is 10.7. The number of piperazine rings is 1. The molecule has 2 amide bonds. The van der Waals surface area contributed by atoms with Gasteiger partial charge < -0.3 is 24.2 Å². The van der Waals surface area contributed by atoms with E-state index in [2.05, 4.69) is 0 Å². The Labute approximate surface area is 224 Å². The number of hydrogen-bond donors (Lipinski definition) is 0. The largest absolute Gasteiger partial charge is 0.493 e. The van der Waals surface area contributed by atoms with Crippen LogP contribution in [0.4, 0.5) is 10.1 Å². The molecule has 38 heavy (non-hydrogen) atoms. The highest BCUT2D eigenvalue weighted by Gasteiger charge is 2.39. The molecule has 0 spiro atoms. The summed E-state index contributed by atoms with van der Waals surface area (Å²) in [4.78, 5) is 33.1. The van der Waals surface area contributed by atoms with E-state index in [9.17, 15) is 14.0 Å². The van der Waals surface area contributed by atoms with E-state index < -0.39 is 0 Å². The van der Waals surface area contributed by atoms with Crippen LogP contribution in [0.15, 0.2) is 42.5 Å². The number of ether oxygens (including phenoxy) is 2. The maximum atomic E-state index is 14.3. The van der Waals surface area contributed by atoms with E-state index in [0.717, 1.165) is 31.2 Å². The van der Waals surface area contributed by atoms with Crippen molar-refractivity contribution in [3.8, 4) is 11.5 Å². The summed E-state index contributed by atoms with van der Waals surface area (Å²) in [6.45, 7) is 3.33. The lowest BCUT2D eigenvalue weighted by molar-refractivity contribution is -0.143. The van der Waals surface area contributed by atoms with Crippen molar-refractivity contribution in [3.05, 3.63) is 53.8 Å². The van der Waals surface area contributed by atoms with Crippen LogP contribution in [0.3, 0.4) is 0 Å². The summed E-state index contributed by atoms with van der Waals surface area (Å²) in [6.07, 6.45) is 4.74. The van der Waals surface area contributed by atoms with Gasteiger partial charge in [0.25, 0.3) is 0 Å². The number of amides is 2. The number of anilines is 1. The van der Waals surface area contributed by atoms with Gasteiger partial charge in [0.15, 0.2) is 11.5 Å². The Hall–Kier alpha value is -3.29. The van der Waals surface area contributed by atoms with E-state index in [1.807, 2.05) is 39.0 Å². The first kappa shape index (κ1) is 26.3. The number of rotatable bonds is 6. The summed E-state index contributed by atoms with van der Waals surface area (Å²) < 4.78 is 25.2. The molecule has 204 valence electrons. The fourth-order valence-corrected chi connectivity index (χ4v) is 6.37. The third-order valence-electron chi connectivity index (χ3n) is 8.48. The van der Waals surface area contributed by atoms with Gasteiger partial charge in [0.1, 0.15) is 5.82 Å². The van der Waals surface area contributed by atoms with E-state index in [4.69, 9.17) is 9.47 Å². The van der Waals surface area contributed by atoms with Gasteiger partial charge in [-0.05, 0) is 49.1 Å². The second-order valence-electron chi connectivity index (χ2n) is 10.7. The molecular formula is C30H38FN3O4. The minimum atomic E-state index is -0.271. The first-order valence-electron chi connectivity index (χ1n) is 13.8. The monoisotopic (exact) mass is 523 g/mol. The van der Waals surface area contributed by atoms with Crippen molar-refractivity contribution in [1.82, 2.24) is 9.80 Å². The van der Waals surface area contributed by atoms with Crippen molar-refractivity contribution in [1.29, 1.82) is 0 Å². The van der Waals surface area contributed by atoms with Gasteiger partial charge in [-0.2, -0.15) is 0 Å². The maximum absolute atomic E-state index is 14.3. The number of carbonyl (C=O) groups excluding carboxylic acids is 2. The molecule has 2 unspecified atom stereocenters. The Kier molecular flexibility index (Phi) is 8.05. The smallest absolute Gasteiger partial charge is 0.227 e. The molecule has 2 atom stereocenters. The Morgan fingerprint density at radius 2 is 1.50 bits per heavy atom. The normalized spacial score (nSPS) is 22.4. The number of likely N-dealkylation sites (tertiary alicyclic amines) is 1. The zero-order valence-corrected chi connectivity index (χ0v) is 22.4. The predicted molar refractivity (Wildman–Crippen MR) is 144 cm³/mol. The zero-order valence-electron chi connectivity index (χ0n) is 22.4. The van der Waals surface area contributed by atoms with Crippen molar-refractivity contribution < 1.29 is 23.5 Å². The SMILES string of the molecule is COc1ccc(C2CC(C(=O)N3CCN(c4ccccc4F)CC3)CN(C(=O)C3CCCC3)C2)cc1OC. The topological polar surface area (TPSA) is 62.3 Å². The van der Waals surface area contributed by atoms with Crippen LogP contribution in [0.5, 0.6) is 11.5 Å². The van der Waals surface area contributed by atoms with Crippen LogP contribution in [-0.4, -0.2) is 75.1 Å². The van der Waals surface area contributed by atoms with Crippen molar-refractivity contribution >= 4 is 17.5 Å². The van der Waals surface area contributed by atoms with Crippen molar-refractivity contribution in [2.24, 2.45) is 11.8 Å². The summed E-state index contributed by atoms with van der Waals surface area (Å²) in [5.74, 6) is 1.18. The maximum Gasteiger partial charge on any atom is 0.227 e. The molecular weight excluding hydrogens is 485 g/mol. The van der Waals surface area contributed by atoms with E-state index in [1.54, 1.807) is 26.4 Å². The fourth-order valence-electron chi connectivity index (χ4n) is 6.37.